The van der Waals surface area contributed by atoms with Gasteiger partial charge in [-0.2, -0.15) is 0 Å². The summed E-state index contributed by atoms with van der Waals surface area (Å²) >= 11 is 0. The molecular formula is C25H33N5O3. The first-order chi connectivity index (χ1) is 16.2. The van der Waals surface area contributed by atoms with Crippen molar-refractivity contribution in [2.24, 2.45) is 5.92 Å². The average molecular weight is 452 g/mol. The van der Waals surface area contributed by atoms with E-state index in [0.717, 1.165) is 50.5 Å². The summed E-state index contributed by atoms with van der Waals surface area (Å²) in [4.78, 5) is 27.1. The molecule has 3 heterocycles. The van der Waals surface area contributed by atoms with Gasteiger partial charge in [0, 0.05) is 37.0 Å². The number of amides is 2. The number of hydrogen-bond acceptors (Lipinski definition) is 6. The first kappa shape index (κ1) is 22.1. The number of rotatable bonds is 6. The van der Waals surface area contributed by atoms with Crippen LogP contribution in [0.5, 0.6) is 0 Å². The normalized spacial score (nSPS) is 26.0. The summed E-state index contributed by atoms with van der Waals surface area (Å²) in [5.41, 5.74) is 0.923. The van der Waals surface area contributed by atoms with E-state index in [2.05, 4.69) is 20.8 Å². The number of nitrogens with one attached hydrogen (secondary N) is 2. The molecule has 1 aromatic carbocycles. The Hall–Kier alpha value is -2.74. The molecule has 0 bridgehead atoms. The van der Waals surface area contributed by atoms with E-state index in [-0.39, 0.29) is 29.8 Å². The number of likely N-dealkylation sites (tertiary alicyclic amines) is 1. The van der Waals surface area contributed by atoms with E-state index in [1.165, 1.54) is 6.42 Å². The molecule has 1 aliphatic carbocycles. The van der Waals surface area contributed by atoms with Gasteiger partial charge in [0.1, 0.15) is 0 Å². The second-order valence-corrected chi connectivity index (χ2v) is 9.58. The topological polar surface area (TPSA) is 100 Å². The maximum absolute atomic E-state index is 12.7. The molecule has 3 aliphatic rings. The van der Waals surface area contributed by atoms with Gasteiger partial charge in [0.25, 0.3) is 0 Å². The number of fused-ring (bicyclic) bond motifs is 1. The van der Waals surface area contributed by atoms with Crippen LogP contribution in [0.25, 0.3) is 11.5 Å². The molecule has 2 N–H and O–H groups in total. The maximum Gasteiger partial charge on any atom is 0.247 e. The Balaban J connectivity index is 1.05. The molecule has 33 heavy (non-hydrogen) atoms. The Bertz CT molecular complexity index is 954. The van der Waals surface area contributed by atoms with E-state index in [0.29, 0.717) is 37.3 Å². The molecule has 1 saturated carbocycles. The van der Waals surface area contributed by atoms with Crippen LogP contribution in [0, 0.1) is 5.92 Å². The van der Waals surface area contributed by atoms with Gasteiger partial charge in [-0.05, 0) is 50.7 Å². The number of nitrogens with zero attached hydrogens (tertiary/aromatic N) is 3. The lowest BCUT2D eigenvalue weighted by atomic mass is 9.82. The smallest absolute Gasteiger partial charge is 0.247 e. The lowest BCUT2D eigenvalue weighted by Gasteiger charge is -2.40. The summed E-state index contributed by atoms with van der Waals surface area (Å²) in [5.74, 6) is 1.92. The highest BCUT2D eigenvalue weighted by atomic mass is 16.4. The molecule has 2 aliphatic heterocycles. The van der Waals surface area contributed by atoms with Crippen molar-refractivity contribution in [2.45, 2.75) is 75.9 Å². The van der Waals surface area contributed by atoms with Crippen LogP contribution < -0.4 is 10.6 Å². The van der Waals surface area contributed by atoms with Gasteiger partial charge in [0.2, 0.25) is 23.6 Å². The third kappa shape index (κ3) is 5.11. The zero-order valence-corrected chi connectivity index (χ0v) is 19.0. The minimum absolute atomic E-state index is 0.00766. The van der Waals surface area contributed by atoms with Crippen molar-refractivity contribution in [3.05, 3.63) is 36.2 Å². The third-order valence-corrected chi connectivity index (χ3v) is 7.38. The monoisotopic (exact) mass is 451 g/mol. The Morgan fingerprint density at radius 3 is 2.67 bits per heavy atom. The summed E-state index contributed by atoms with van der Waals surface area (Å²) < 4.78 is 5.92. The van der Waals surface area contributed by atoms with Crippen molar-refractivity contribution < 1.29 is 14.0 Å². The molecule has 1 aromatic heterocycles. The van der Waals surface area contributed by atoms with Crippen molar-refractivity contribution in [3.63, 3.8) is 0 Å². The summed E-state index contributed by atoms with van der Waals surface area (Å²) in [6.45, 7) is 1.43. The molecule has 2 amide bonds. The molecule has 2 saturated heterocycles. The molecule has 0 radical (unpaired) electrons. The second kappa shape index (κ2) is 10.0. The first-order valence-electron chi connectivity index (χ1n) is 12.4. The largest absolute Gasteiger partial charge is 0.420 e. The second-order valence-electron chi connectivity index (χ2n) is 9.58. The highest BCUT2D eigenvalue weighted by Crippen LogP contribution is 2.30. The SMILES string of the molecule is O=C1NC(CCCC(=O)N2CCC(c3nnc(-c4ccccc4)o3)CC2)NC2CCCCC12. The Morgan fingerprint density at radius 2 is 1.85 bits per heavy atom. The standard InChI is InChI=1S/C25H33N5O3/c31-22(12-6-11-21-26-20-10-5-4-9-19(20)23(32)27-21)30-15-13-18(14-16-30)25-29-28-24(33-25)17-7-2-1-3-8-17/h1-3,7-8,18-21,26H,4-6,9-16H2,(H,27,32). The zero-order chi connectivity index (χ0) is 22.6. The highest BCUT2D eigenvalue weighted by molar-refractivity contribution is 5.80. The van der Waals surface area contributed by atoms with Gasteiger partial charge in [-0.15, -0.1) is 10.2 Å². The van der Waals surface area contributed by atoms with Crippen LogP contribution in [0.15, 0.2) is 34.7 Å². The van der Waals surface area contributed by atoms with Gasteiger partial charge < -0.3 is 14.6 Å². The van der Waals surface area contributed by atoms with E-state index >= 15 is 0 Å². The number of aromatic nitrogens is 2. The molecule has 3 fully saturated rings. The Labute approximate surface area is 194 Å². The zero-order valence-electron chi connectivity index (χ0n) is 19.0. The van der Waals surface area contributed by atoms with Crippen molar-refractivity contribution in [1.29, 1.82) is 0 Å². The van der Waals surface area contributed by atoms with E-state index in [1.807, 2.05) is 35.2 Å². The van der Waals surface area contributed by atoms with Gasteiger partial charge in [0.05, 0.1) is 12.1 Å². The van der Waals surface area contributed by atoms with Crippen LogP contribution in [0.2, 0.25) is 0 Å². The highest BCUT2D eigenvalue weighted by Gasteiger charge is 2.37. The van der Waals surface area contributed by atoms with E-state index in [4.69, 9.17) is 4.42 Å². The molecule has 3 atom stereocenters. The molecule has 0 spiro atoms. The van der Waals surface area contributed by atoms with Gasteiger partial charge in [-0.25, -0.2) is 0 Å². The van der Waals surface area contributed by atoms with Crippen LogP contribution in [-0.4, -0.2) is 52.2 Å². The summed E-state index contributed by atoms with van der Waals surface area (Å²) in [6, 6.07) is 10.1. The van der Waals surface area contributed by atoms with Gasteiger partial charge in [-0.1, -0.05) is 31.0 Å². The minimum Gasteiger partial charge on any atom is -0.420 e. The predicted molar refractivity (Wildman–Crippen MR) is 123 cm³/mol. The number of benzene rings is 1. The van der Waals surface area contributed by atoms with E-state index in [1.54, 1.807) is 0 Å². The summed E-state index contributed by atoms with van der Waals surface area (Å²) in [6.07, 6.45) is 8.16. The molecule has 176 valence electrons. The molecule has 3 unspecified atom stereocenters. The quantitative estimate of drug-likeness (QED) is 0.700. The van der Waals surface area contributed by atoms with Crippen LogP contribution in [0.3, 0.4) is 0 Å². The average Bonchev–Trinajstić information content (AvgIpc) is 3.35. The van der Waals surface area contributed by atoms with Gasteiger partial charge >= 0.3 is 0 Å². The third-order valence-electron chi connectivity index (χ3n) is 7.38. The van der Waals surface area contributed by atoms with Gasteiger partial charge in [-0.3, -0.25) is 14.9 Å². The number of hydrogen-bond donors (Lipinski definition) is 2. The number of carbonyl (C=O) groups is 2. The Kier molecular flexibility index (Phi) is 6.71. The molecule has 5 rings (SSSR count). The van der Waals surface area contributed by atoms with Crippen molar-refractivity contribution in [3.8, 4) is 11.5 Å². The van der Waals surface area contributed by atoms with Crippen molar-refractivity contribution >= 4 is 11.8 Å². The summed E-state index contributed by atoms with van der Waals surface area (Å²) in [5, 5.41) is 15.2. The number of piperidine rings is 1. The van der Waals surface area contributed by atoms with Gasteiger partial charge in [0.15, 0.2) is 0 Å². The van der Waals surface area contributed by atoms with Crippen molar-refractivity contribution in [1.82, 2.24) is 25.7 Å². The summed E-state index contributed by atoms with van der Waals surface area (Å²) in [7, 11) is 0. The maximum atomic E-state index is 12.7. The predicted octanol–water partition coefficient (Wildman–Crippen LogP) is 3.22. The molecule has 8 nitrogen and oxygen atoms in total. The van der Waals surface area contributed by atoms with Crippen LogP contribution in [0.4, 0.5) is 0 Å². The Morgan fingerprint density at radius 1 is 1.06 bits per heavy atom. The fourth-order valence-corrected chi connectivity index (χ4v) is 5.47. The molecule has 2 aromatic rings. The minimum atomic E-state index is -0.00766. The number of carbonyl (C=O) groups excluding carboxylic acids is 2. The lowest BCUT2D eigenvalue weighted by Crippen LogP contribution is -2.62. The van der Waals surface area contributed by atoms with Crippen LogP contribution >= 0.6 is 0 Å². The fourth-order valence-electron chi connectivity index (χ4n) is 5.47. The van der Waals surface area contributed by atoms with E-state index in [9.17, 15) is 9.59 Å². The molecular weight excluding hydrogens is 418 g/mol. The molecule has 8 heteroatoms. The van der Waals surface area contributed by atoms with Crippen LogP contribution in [0.1, 0.15) is 69.6 Å². The van der Waals surface area contributed by atoms with Crippen LogP contribution in [-0.2, 0) is 9.59 Å². The lowest BCUT2D eigenvalue weighted by molar-refractivity contribution is -0.132. The fraction of sp³-hybridized carbons (Fsp3) is 0.600. The van der Waals surface area contributed by atoms with E-state index < -0.39 is 0 Å². The first-order valence-corrected chi connectivity index (χ1v) is 12.4. The van der Waals surface area contributed by atoms with Crippen molar-refractivity contribution in [2.75, 3.05) is 13.1 Å².